The van der Waals surface area contributed by atoms with Crippen LogP contribution in [0.15, 0.2) is 23.1 Å². The number of aryl methyl sites for hydroxylation is 1. The molecular formula is C20H31N5O3S. The minimum Gasteiger partial charge on any atom is -0.353 e. The van der Waals surface area contributed by atoms with E-state index in [2.05, 4.69) is 15.6 Å². The van der Waals surface area contributed by atoms with E-state index in [9.17, 15) is 13.2 Å². The van der Waals surface area contributed by atoms with Gasteiger partial charge in [0, 0.05) is 32.1 Å². The maximum atomic E-state index is 12.7. The highest BCUT2D eigenvalue weighted by atomic mass is 32.2. The Bertz CT molecular complexity index is 931. The molecule has 0 saturated heterocycles. The molecule has 1 heterocycles. The zero-order valence-corrected chi connectivity index (χ0v) is 18.1. The molecule has 1 saturated carbocycles. The molecule has 160 valence electrons. The molecule has 2 aromatic rings. The summed E-state index contributed by atoms with van der Waals surface area (Å²) >= 11 is 0. The number of fused-ring (bicyclic) bond motifs is 1. The first-order valence-electron chi connectivity index (χ1n) is 10.6. The first-order chi connectivity index (χ1) is 14.0. The Kier molecular flexibility index (Phi) is 7.23. The number of amides is 1. The highest BCUT2D eigenvalue weighted by molar-refractivity contribution is 7.89. The Morgan fingerprint density at radius 3 is 2.62 bits per heavy atom. The topological polar surface area (TPSA) is 97.2 Å². The Morgan fingerprint density at radius 2 is 1.93 bits per heavy atom. The number of hydrogen-bond donors (Lipinski definition) is 1. The first kappa shape index (κ1) is 21.7. The number of hydrogen-bond acceptors (Lipinski definition) is 5. The normalized spacial score (nSPS) is 15.8. The number of nitrogens with one attached hydrogen (secondary N) is 1. The van der Waals surface area contributed by atoms with Crippen molar-refractivity contribution in [3.63, 3.8) is 0 Å². The maximum absolute atomic E-state index is 12.7. The first-order valence-corrected chi connectivity index (χ1v) is 12.0. The molecule has 0 radical (unpaired) electrons. The highest BCUT2D eigenvalue weighted by Crippen LogP contribution is 2.21. The molecule has 1 fully saturated rings. The fourth-order valence-electron chi connectivity index (χ4n) is 3.93. The molecule has 1 N–H and O–H groups in total. The van der Waals surface area contributed by atoms with Crippen molar-refractivity contribution in [3.05, 3.63) is 18.2 Å². The Morgan fingerprint density at radius 1 is 1.21 bits per heavy atom. The average Bonchev–Trinajstić information content (AvgIpc) is 3.12. The fraction of sp³-hybridized carbons (Fsp3) is 0.650. The zero-order chi connectivity index (χ0) is 20.9. The lowest BCUT2D eigenvalue weighted by molar-refractivity contribution is -0.122. The molecule has 8 nitrogen and oxygen atoms in total. The monoisotopic (exact) mass is 421 g/mol. The van der Waals surface area contributed by atoms with Crippen LogP contribution in [0.1, 0.15) is 58.8 Å². The maximum Gasteiger partial charge on any atom is 0.243 e. The van der Waals surface area contributed by atoms with Crippen molar-refractivity contribution in [2.24, 2.45) is 0 Å². The molecule has 1 aliphatic carbocycles. The summed E-state index contributed by atoms with van der Waals surface area (Å²) in [6, 6.07) is 5.25. The van der Waals surface area contributed by atoms with Gasteiger partial charge in [-0.15, -0.1) is 5.10 Å². The van der Waals surface area contributed by atoms with Crippen molar-refractivity contribution in [2.45, 2.75) is 76.3 Å². The van der Waals surface area contributed by atoms with Crippen LogP contribution in [0, 0.1) is 0 Å². The smallest absolute Gasteiger partial charge is 0.243 e. The van der Waals surface area contributed by atoms with E-state index in [0.29, 0.717) is 44.0 Å². The van der Waals surface area contributed by atoms with Gasteiger partial charge in [-0.1, -0.05) is 38.3 Å². The predicted molar refractivity (Wildman–Crippen MR) is 112 cm³/mol. The van der Waals surface area contributed by atoms with Gasteiger partial charge >= 0.3 is 0 Å². The van der Waals surface area contributed by atoms with E-state index in [4.69, 9.17) is 0 Å². The van der Waals surface area contributed by atoms with E-state index in [1.807, 2.05) is 13.8 Å². The van der Waals surface area contributed by atoms with Crippen LogP contribution in [0.2, 0.25) is 0 Å². The number of benzene rings is 1. The number of aromatic nitrogens is 3. The predicted octanol–water partition coefficient (Wildman–Crippen LogP) is 2.69. The van der Waals surface area contributed by atoms with Crippen molar-refractivity contribution in [3.8, 4) is 0 Å². The summed E-state index contributed by atoms with van der Waals surface area (Å²) in [7, 11) is -3.52. The van der Waals surface area contributed by atoms with Crippen molar-refractivity contribution >= 4 is 27.0 Å². The van der Waals surface area contributed by atoms with E-state index in [-0.39, 0.29) is 10.8 Å². The number of nitrogens with zero attached hydrogens (tertiary/aromatic N) is 4. The molecule has 3 rings (SSSR count). The molecular weight excluding hydrogens is 390 g/mol. The molecule has 0 atom stereocenters. The second kappa shape index (κ2) is 9.67. The molecule has 0 unspecified atom stereocenters. The molecule has 0 spiro atoms. The van der Waals surface area contributed by atoms with Crippen LogP contribution in [0.3, 0.4) is 0 Å². The highest BCUT2D eigenvalue weighted by Gasteiger charge is 2.22. The summed E-state index contributed by atoms with van der Waals surface area (Å²) in [5.74, 6) is 0.0916. The molecule has 9 heteroatoms. The molecule has 1 amide bonds. The zero-order valence-electron chi connectivity index (χ0n) is 17.3. The second-order valence-corrected chi connectivity index (χ2v) is 9.50. The molecule has 1 aromatic heterocycles. The Labute approximate surface area is 172 Å². The van der Waals surface area contributed by atoms with Gasteiger partial charge in [-0.25, -0.2) is 13.1 Å². The number of sulfonamides is 1. The van der Waals surface area contributed by atoms with Crippen LogP contribution in [-0.4, -0.2) is 52.8 Å². The standard InChI is InChI=1S/C20H31N5O3S/c1-3-24(4-2)29(27,28)17-12-13-19-18(15-17)22-23-25(19)14-8-11-20(26)21-16-9-6-5-7-10-16/h12-13,15-16H,3-11,14H2,1-2H3,(H,21,26). The van der Waals surface area contributed by atoms with Gasteiger partial charge < -0.3 is 5.32 Å². The minimum atomic E-state index is -3.52. The van der Waals surface area contributed by atoms with Gasteiger partial charge in [-0.2, -0.15) is 4.31 Å². The van der Waals surface area contributed by atoms with Crippen LogP contribution in [0.5, 0.6) is 0 Å². The van der Waals surface area contributed by atoms with E-state index in [1.54, 1.807) is 22.9 Å². The summed E-state index contributed by atoms with van der Waals surface area (Å²) in [5, 5.41) is 11.4. The number of rotatable bonds is 9. The molecule has 0 bridgehead atoms. The van der Waals surface area contributed by atoms with Gasteiger partial charge in [-0.05, 0) is 37.5 Å². The largest absolute Gasteiger partial charge is 0.353 e. The van der Waals surface area contributed by atoms with Gasteiger partial charge in [0.1, 0.15) is 5.52 Å². The summed E-state index contributed by atoms with van der Waals surface area (Å²) in [6.45, 7) is 5.05. The van der Waals surface area contributed by atoms with E-state index >= 15 is 0 Å². The molecule has 1 aliphatic rings. The van der Waals surface area contributed by atoms with Gasteiger partial charge in [0.15, 0.2) is 0 Å². The quantitative estimate of drug-likeness (QED) is 0.671. The average molecular weight is 422 g/mol. The van der Waals surface area contributed by atoms with Gasteiger partial charge in [0.05, 0.1) is 10.4 Å². The van der Waals surface area contributed by atoms with E-state index in [1.165, 1.54) is 23.6 Å². The van der Waals surface area contributed by atoms with Crippen LogP contribution in [0.25, 0.3) is 11.0 Å². The van der Waals surface area contributed by atoms with Crippen molar-refractivity contribution < 1.29 is 13.2 Å². The Hall–Kier alpha value is -2.00. The SMILES string of the molecule is CCN(CC)S(=O)(=O)c1ccc2c(c1)nnn2CCCC(=O)NC1CCCCC1. The lowest BCUT2D eigenvalue weighted by Gasteiger charge is -2.22. The molecule has 29 heavy (non-hydrogen) atoms. The summed E-state index contributed by atoms with van der Waals surface area (Å²) in [4.78, 5) is 12.4. The second-order valence-electron chi connectivity index (χ2n) is 7.56. The number of carbonyl (C=O) groups is 1. The lowest BCUT2D eigenvalue weighted by Crippen LogP contribution is -2.36. The third-order valence-electron chi connectivity index (χ3n) is 5.57. The summed E-state index contributed by atoms with van der Waals surface area (Å²) in [5.41, 5.74) is 1.32. The van der Waals surface area contributed by atoms with Crippen molar-refractivity contribution in [1.29, 1.82) is 0 Å². The third-order valence-corrected chi connectivity index (χ3v) is 7.62. The molecule has 1 aromatic carbocycles. The number of carbonyl (C=O) groups excluding carboxylic acids is 1. The van der Waals surface area contributed by atoms with Crippen molar-refractivity contribution in [2.75, 3.05) is 13.1 Å². The van der Waals surface area contributed by atoms with Gasteiger partial charge in [0.25, 0.3) is 0 Å². The summed E-state index contributed by atoms with van der Waals surface area (Å²) < 4.78 is 28.5. The fourth-order valence-corrected chi connectivity index (χ4v) is 5.40. The minimum absolute atomic E-state index is 0.0916. The van der Waals surface area contributed by atoms with Crippen molar-refractivity contribution in [1.82, 2.24) is 24.6 Å². The van der Waals surface area contributed by atoms with E-state index < -0.39 is 10.0 Å². The van der Waals surface area contributed by atoms with Crippen LogP contribution in [0.4, 0.5) is 0 Å². The third kappa shape index (κ3) is 5.14. The Balaban J connectivity index is 1.60. The van der Waals surface area contributed by atoms with Gasteiger partial charge in [0.2, 0.25) is 15.9 Å². The summed E-state index contributed by atoms with van der Waals surface area (Å²) in [6.07, 6.45) is 6.94. The van der Waals surface area contributed by atoms with Crippen LogP contribution < -0.4 is 5.32 Å². The lowest BCUT2D eigenvalue weighted by atomic mass is 9.95. The van der Waals surface area contributed by atoms with Crippen LogP contribution >= 0.6 is 0 Å². The van der Waals surface area contributed by atoms with Gasteiger partial charge in [-0.3, -0.25) is 4.79 Å². The molecule has 0 aliphatic heterocycles. The van der Waals surface area contributed by atoms with E-state index in [0.717, 1.165) is 18.4 Å². The van der Waals surface area contributed by atoms with Crippen LogP contribution in [-0.2, 0) is 21.4 Å².